The highest BCUT2D eigenvalue weighted by Gasteiger charge is 2.30. The van der Waals surface area contributed by atoms with E-state index in [1.165, 1.54) is 19.3 Å². The summed E-state index contributed by atoms with van der Waals surface area (Å²) in [5, 5.41) is 12.1. The summed E-state index contributed by atoms with van der Waals surface area (Å²) < 4.78 is 5.35. The molecule has 0 saturated heterocycles. The van der Waals surface area contributed by atoms with Gasteiger partial charge < -0.3 is 9.73 Å². The van der Waals surface area contributed by atoms with Gasteiger partial charge in [0.1, 0.15) is 0 Å². The van der Waals surface area contributed by atoms with Gasteiger partial charge in [0.15, 0.2) is 0 Å². The molecule has 2 rings (SSSR count). The number of hydrogen-bond acceptors (Lipinski definition) is 5. The zero-order chi connectivity index (χ0) is 11.4. The van der Waals surface area contributed by atoms with E-state index in [2.05, 4.69) is 22.4 Å². The molecule has 0 bridgehead atoms. The summed E-state index contributed by atoms with van der Waals surface area (Å²) in [6, 6.07) is 0.608. The van der Waals surface area contributed by atoms with Crippen molar-refractivity contribution < 1.29 is 4.42 Å². The molecule has 90 valence electrons. The number of rotatable bonds is 7. The van der Waals surface area contributed by atoms with E-state index in [1.807, 2.05) is 6.92 Å². The molecule has 1 aliphatic rings. The van der Waals surface area contributed by atoms with Gasteiger partial charge in [0.05, 0.1) is 0 Å². The van der Waals surface area contributed by atoms with Gasteiger partial charge in [0.2, 0.25) is 5.89 Å². The monoisotopic (exact) mass is 241 g/mol. The van der Waals surface area contributed by atoms with Crippen molar-refractivity contribution >= 4 is 11.8 Å². The van der Waals surface area contributed by atoms with Crippen LogP contribution in [-0.2, 0) is 0 Å². The number of nitrogens with one attached hydrogen (secondary N) is 1. The van der Waals surface area contributed by atoms with Crippen LogP contribution in [0.25, 0.3) is 0 Å². The first-order chi connectivity index (χ1) is 7.79. The van der Waals surface area contributed by atoms with E-state index in [4.69, 9.17) is 4.42 Å². The average Bonchev–Trinajstić information content (AvgIpc) is 3.03. The molecule has 1 aromatic rings. The minimum atomic E-state index is 0.608. The van der Waals surface area contributed by atoms with Crippen LogP contribution in [-0.4, -0.2) is 28.5 Å². The fourth-order valence-corrected chi connectivity index (χ4v) is 2.68. The summed E-state index contributed by atoms with van der Waals surface area (Å²) in [6.07, 6.45) is 3.92. The quantitative estimate of drug-likeness (QED) is 0.742. The van der Waals surface area contributed by atoms with E-state index < -0.39 is 0 Å². The van der Waals surface area contributed by atoms with Crippen LogP contribution in [0, 0.1) is 12.8 Å². The van der Waals surface area contributed by atoms with Gasteiger partial charge in [-0.15, -0.1) is 10.2 Å². The number of aromatic nitrogens is 2. The normalized spacial score (nSPS) is 17.6. The molecule has 0 amide bonds. The van der Waals surface area contributed by atoms with Gasteiger partial charge in [-0.3, -0.25) is 0 Å². The summed E-state index contributed by atoms with van der Waals surface area (Å²) in [7, 11) is 0. The molecule has 0 aromatic carbocycles. The Morgan fingerprint density at radius 2 is 2.31 bits per heavy atom. The van der Waals surface area contributed by atoms with Crippen molar-refractivity contribution in [3.05, 3.63) is 5.89 Å². The van der Waals surface area contributed by atoms with Crippen LogP contribution in [0.5, 0.6) is 0 Å². The highest BCUT2D eigenvalue weighted by atomic mass is 32.2. The van der Waals surface area contributed by atoms with E-state index in [1.54, 1.807) is 11.8 Å². The lowest BCUT2D eigenvalue weighted by molar-refractivity contribution is 0.427. The Morgan fingerprint density at radius 3 is 2.88 bits per heavy atom. The Labute approximate surface area is 101 Å². The second-order valence-electron chi connectivity index (χ2n) is 4.30. The first kappa shape index (κ1) is 11.9. The fraction of sp³-hybridized carbons (Fsp3) is 0.818. The van der Waals surface area contributed by atoms with E-state index in [0.29, 0.717) is 17.2 Å². The Balaban J connectivity index is 1.77. The Bertz CT molecular complexity index is 325. The van der Waals surface area contributed by atoms with Gasteiger partial charge in [-0.2, -0.15) is 0 Å². The van der Waals surface area contributed by atoms with Crippen LogP contribution >= 0.6 is 11.8 Å². The zero-order valence-corrected chi connectivity index (χ0v) is 10.7. The van der Waals surface area contributed by atoms with Gasteiger partial charge in [-0.05, 0) is 31.7 Å². The summed E-state index contributed by atoms with van der Waals surface area (Å²) in [4.78, 5) is 0. The van der Waals surface area contributed by atoms with Gasteiger partial charge in [-0.1, -0.05) is 18.7 Å². The standard InChI is InChI=1S/C11H19N3OS/c1-3-6-12-10(9-4-5-9)7-16-11-14-13-8(2)15-11/h9-10,12H,3-7H2,1-2H3. The van der Waals surface area contributed by atoms with Crippen LogP contribution < -0.4 is 5.32 Å². The van der Waals surface area contributed by atoms with Crippen molar-refractivity contribution in [3.8, 4) is 0 Å². The minimum absolute atomic E-state index is 0.608. The van der Waals surface area contributed by atoms with Crippen molar-refractivity contribution in [3.63, 3.8) is 0 Å². The summed E-state index contributed by atoms with van der Waals surface area (Å²) in [5.41, 5.74) is 0. The maximum Gasteiger partial charge on any atom is 0.276 e. The van der Waals surface area contributed by atoms with Gasteiger partial charge >= 0.3 is 0 Å². The molecule has 4 nitrogen and oxygen atoms in total. The van der Waals surface area contributed by atoms with Crippen LogP contribution in [0.4, 0.5) is 0 Å². The van der Waals surface area contributed by atoms with Gasteiger partial charge in [-0.25, -0.2) is 0 Å². The summed E-state index contributed by atoms with van der Waals surface area (Å²) in [5.74, 6) is 2.54. The third-order valence-electron chi connectivity index (χ3n) is 2.74. The highest BCUT2D eigenvalue weighted by Crippen LogP contribution is 2.34. The highest BCUT2D eigenvalue weighted by molar-refractivity contribution is 7.99. The lowest BCUT2D eigenvalue weighted by Crippen LogP contribution is -2.33. The predicted octanol–water partition coefficient (Wildman–Crippen LogP) is 2.25. The maximum atomic E-state index is 5.35. The molecule has 0 aliphatic heterocycles. The first-order valence-electron chi connectivity index (χ1n) is 5.96. The zero-order valence-electron chi connectivity index (χ0n) is 9.90. The van der Waals surface area contributed by atoms with Crippen molar-refractivity contribution in [2.75, 3.05) is 12.3 Å². The number of aryl methyl sites for hydroxylation is 1. The number of thioether (sulfide) groups is 1. The molecule has 0 radical (unpaired) electrons. The van der Waals surface area contributed by atoms with Crippen molar-refractivity contribution in [1.29, 1.82) is 0 Å². The lowest BCUT2D eigenvalue weighted by Gasteiger charge is -2.16. The lowest BCUT2D eigenvalue weighted by atomic mass is 10.2. The predicted molar refractivity (Wildman–Crippen MR) is 64.6 cm³/mol. The molecular weight excluding hydrogens is 222 g/mol. The second kappa shape index (κ2) is 5.68. The third kappa shape index (κ3) is 3.49. The molecule has 1 aliphatic carbocycles. The molecule has 1 N–H and O–H groups in total. The smallest absolute Gasteiger partial charge is 0.276 e. The Kier molecular flexibility index (Phi) is 4.23. The Hall–Kier alpha value is -0.550. The second-order valence-corrected chi connectivity index (χ2v) is 5.27. The molecule has 1 atom stereocenters. The number of hydrogen-bond donors (Lipinski definition) is 1. The molecule has 5 heteroatoms. The average molecular weight is 241 g/mol. The summed E-state index contributed by atoms with van der Waals surface area (Å²) in [6.45, 7) is 5.13. The van der Waals surface area contributed by atoms with Crippen molar-refractivity contribution in [1.82, 2.24) is 15.5 Å². The Morgan fingerprint density at radius 1 is 1.50 bits per heavy atom. The number of nitrogens with zero attached hydrogens (tertiary/aromatic N) is 2. The largest absolute Gasteiger partial charge is 0.416 e. The molecule has 1 heterocycles. The summed E-state index contributed by atoms with van der Waals surface area (Å²) >= 11 is 1.67. The molecule has 1 aromatic heterocycles. The van der Waals surface area contributed by atoms with E-state index in [0.717, 1.165) is 18.2 Å². The van der Waals surface area contributed by atoms with Crippen molar-refractivity contribution in [2.24, 2.45) is 5.92 Å². The maximum absolute atomic E-state index is 5.35. The molecule has 0 spiro atoms. The van der Waals surface area contributed by atoms with Crippen LogP contribution in [0.3, 0.4) is 0 Å². The molecular formula is C11H19N3OS. The van der Waals surface area contributed by atoms with Crippen molar-refractivity contribution in [2.45, 2.75) is 44.4 Å². The molecule has 16 heavy (non-hydrogen) atoms. The van der Waals surface area contributed by atoms with Crippen LogP contribution in [0.1, 0.15) is 32.1 Å². The third-order valence-corrected chi connectivity index (χ3v) is 3.68. The van der Waals surface area contributed by atoms with E-state index >= 15 is 0 Å². The molecule has 1 fully saturated rings. The topological polar surface area (TPSA) is 51.0 Å². The minimum Gasteiger partial charge on any atom is -0.416 e. The van der Waals surface area contributed by atoms with E-state index in [-0.39, 0.29) is 0 Å². The van der Waals surface area contributed by atoms with Gasteiger partial charge in [0.25, 0.3) is 5.22 Å². The molecule has 1 unspecified atom stereocenters. The first-order valence-corrected chi connectivity index (χ1v) is 6.94. The van der Waals surface area contributed by atoms with E-state index in [9.17, 15) is 0 Å². The van der Waals surface area contributed by atoms with Crippen LogP contribution in [0.2, 0.25) is 0 Å². The van der Waals surface area contributed by atoms with Crippen LogP contribution in [0.15, 0.2) is 9.64 Å². The van der Waals surface area contributed by atoms with Gasteiger partial charge in [0, 0.05) is 18.7 Å². The fourth-order valence-electron chi connectivity index (χ4n) is 1.69. The SMILES string of the molecule is CCCNC(CSc1nnc(C)o1)C1CC1. The molecule has 1 saturated carbocycles.